The van der Waals surface area contributed by atoms with Gasteiger partial charge in [0.2, 0.25) is 0 Å². The molecule has 0 atom stereocenters. The number of nitrogens with zero attached hydrogens (tertiary/aromatic N) is 7. The zero-order valence-corrected chi connectivity index (χ0v) is 22.5. The van der Waals surface area contributed by atoms with Gasteiger partial charge in [-0.15, -0.1) is 5.10 Å². The van der Waals surface area contributed by atoms with Crippen LogP contribution >= 0.6 is 0 Å². The summed E-state index contributed by atoms with van der Waals surface area (Å²) in [6.07, 6.45) is 8.57. The maximum Gasteiger partial charge on any atom is 0.251 e. The van der Waals surface area contributed by atoms with Gasteiger partial charge in [-0.3, -0.25) is 9.48 Å². The van der Waals surface area contributed by atoms with Gasteiger partial charge in [-0.25, -0.2) is 22.5 Å². The Labute approximate surface area is 233 Å². The number of pyridine rings is 1. The van der Waals surface area contributed by atoms with Crippen LogP contribution in [0.1, 0.15) is 21.6 Å². The molecular weight excluding hydrogens is 547 g/mol. The molecule has 0 aliphatic rings. The summed E-state index contributed by atoms with van der Waals surface area (Å²) in [6.45, 7) is 0.248. The topological polar surface area (TPSA) is 129 Å². The number of aromatic nitrogens is 7. The average Bonchev–Trinajstić information content (AvgIpc) is 3.73. The number of carbonyl (C=O) groups is 1. The number of hydrogen-bond acceptors (Lipinski definition) is 7. The van der Waals surface area contributed by atoms with Crippen LogP contribution in [0.4, 0.5) is 4.39 Å². The van der Waals surface area contributed by atoms with E-state index in [4.69, 9.17) is 0 Å². The lowest BCUT2D eigenvalue weighted by molar-refractivity contribution is 0.0951. The molecule has 206 valence electrons. The smallest absolute Gasteiger partial charge is 0.251 e. The van der Waals surface area contributed by atoms with E-state index in [2.05, 4.69) is 25.7 Å². The molecule has 4 heterocycles. The second-order valence-electron chi connectivity index (χ2n) is 9.39. The van der Waals surface area contributed by atoms with Gasteiger partial charge >= 0.3 is 0 Å². The monoisotopic (exact) mass is 570 g/mol. The van der Waals surface area contributed by atoms with E-state index in [1.165, 1.54) is 58.0 Å². The molecule has 2 aromatic carbocycles. The van der Waals surface area contributed by atoms with Crippen LogP contribution in [0.3, 0.4) is 0 Å². The standard InChI is InChI=1S/C28H23FN8O3S/c1-35-11-9-22(33-35)18-41(39,40)26-7-2-20(28(38)31-16-19-8-12-36-13-10-30-27(36)14-19)15-24(26)25-17-37(34-32-25)23-5-3-21(29)4-6-23/h2-15,17H,16,18H2,1H3,(H,31,38). The fourth-order valence-corrected chi connectivity index (χ4v) is 5.88. The van der Waals surface area contributed by atoms with Crippen molar-refractivity contribution >= 4 is 21.4 Å². The Hall–Kier alpha value is -5.17. The van der Waals surface area contributed by atoms with Crippen molar-refractivity contribution in [2.75, 3.05) is 0 Å². The van der Waals surface area contributed by atoms with E-state index in [9.17, 15) is 17.6 Å². The molecule has 41 heavy (non-hydrogen) atoms. The molecule has 0 spiro atoms. The van der Waals surface area contributed by atoms with Gasteiger partial charge in [0.05, 0.1) is 28.2 Å². The maximum absolute atomic E-state index is 13.5. The largest absolute Gasteiger partial charge is 0.348 e. The number of carbonyl (C=O) groups excluding carboxylic acids is 1. The van der Waals surface area contributed by atoms with Crippen molar-refractivity contribution in [3.63, 3.8) is 0 Å². The quantitative estimate of drug-likeness (QED) is 0.297. The number of rotatable bonds is 8. The molecule has 1 amide bonds. The molecule has 6 aromatic rings. The minimum Gasteiger partial charge on any atom is -0.348 e. The lowest BCUT2D eigenvalue weighted by Crippen LogP contribution is -2.23. The van der Waals surface area contributed by atoms with Gasteiger partial charge in [0.15, 0.2) is 9.84 Å². The highest BCUT2D eigenvalue weighted by Gasteiger charge is 2.24. The highest BCUT2D eigenvalue weighted by molar-refractivity contribution is 7.90. The van der Waals surface area contributed by atoms with Crippen LogP contribution < -0.4 is 5.32 Å². The zero-order chi connectivity index (χ0) is 28.6. The maximum atomic E-state index is 13.5. The van der Waals surface area contributed by atoms with E-state index in [1.807, 2.05) is 28.9 Å². The second-order valence-corrected chi connectivity index (χ2v) is 11.3. The summed E-state index contributed by atoms with van der Waals surface area (Å²) in [5.41, 5.74) is 3.21. The van der Waals surface area contributed by atoms with Crippen molar-refractivity contribution in [1.82, 2.24) is 39.5 Å². The van der Waals surface area contributed by atoms with Gasteiger partial charge in [-0.1, -0.05) is 5.21 Å². The molecule has 11 nitrogen and oxygen atoms in total. The van der Waals surface area contributed by atoms with Crippen molar-refractivity contribution in [3.05, 3.63) is 114 Å². The summed E-state index contributed by atoms with van der Waals surface area (Å²) in [5, 5.41) is 15.3. The molecule has 0 bridgehead atoms. The molecule has 4 aromatic heterocycles. The first-order valence-corrected chi connectivity index (χ1v) is 14.1. The Morgan fingerprint density at radius 2 is 1.83 bits per heavy atom. The summed E-state index contributed by atoms with van der Waals surface area (Å²) < 4.78 is 45.3. The minimum atomic E-state index is -3.90. The number of fused-ring (bicyclic) bond motifs is 1. The number of sulfone groups is 1. The van der Waals surface area contributed by atoms with Gasteiger partial charge in [0.1, 0.15) is 17.2 Å². The summed E-state index contributed by atoms with van der Waals surface area (Å²) in [6, 6.07) is 15.3. The molecule has 0 saturated heterocycles. The van der Waals surface area contributed by atoms with E-state index in [1.54, 1.807) is 25.5 Å². The van der Waals surface area contributed by atoms with Crippen LogP contribution in [0.25, 0.3) is 22.6 Å². The predicted molar refractivity (Wildman–Crippen MR) is 147 cm³/mol. The fraction of sp³-hybridized carbons (Fsp3) is 0.107. The molecule has 0 saturated carbocycles. The molecule has 0 unspecified atom stereocenters. The minimum absolute atomic E-state index is 0.0179. The third-order valence-corrected chi connectivity index (χ3v) is 8.16. The SMILES string of the molecule is Cn1ccc(CS(=O)(=O)c2ccc(C(=O)NCc3ccn4ccnc4c3)cc2-c2cn(-c3ccc(F)cc3)nn2)n1. The number of halogens is 1. The highest BCUT2D eigenvalue weighted by atomic mass is 32.2. The van der Waals surface area contributed by atoms with E-state index in [0.717, 1.165) is 11.2 Å². The van der Waals surface area contributed by atoms with E-state index < -0.39 is 21.6 Å². The molecule has 0 fully saturated rings. The van der Waals surface area contributed by atoms with Gasteiger partial charge in [-0.05, 0) is 66.2 Å². The third-order valence-electron chi connectivity index (χ3n) is 6.46. The van der Waals surface area contributed by atoms with Crippen molar-refractivity contribution in [3.8, 4) is 16.9 Å². The van der Waals surface area contributed by atoms with Crippen LogP contribution in [0.2, 0.25) is 0 Å². The first-order chi connectivity index (χ1) is 19.7. The van der Waals surface area contributed by atoms with Crippen LogP contribution in [0.5, 0.6) is 0 Å². The Morgan fingerprint density at radius 1 is 1.00 bits per heavy atom. The van der Waals surface area contributed by atoms with Crippen molar-refractivity contribution in [2.45, 2.75) is 17.2 Å². The molecular formula is C28H23FN8O3S. The number of amides is 1. The third kappa shape index (κ3) is 5.47. The van der Waals surface area contributed by atoms with Crippen LogP contribution in [-0.4, -0.2) is 48.5 Å². The molecule has 1 N–H and O–H groups in total. The lowest BCUT2D eigenvalue weighted by Gasteiger charge is -2.11. The second kappa shape index (κ2) is 10.4. The van der Waals surface area contributed by atoms with Crippen LogP contribution in [0.15, 0.2) is 96.5 Å². The number of nitrogens with one attached hydrogen (secondary N) is 1. The normalized spacial score (nSPS) is 11.7. The van der Waals surface area contributed by atoms with E-state index in [-0.39, 0.29) is 34.0 Å². The Morgan fingerprint density at radius 3 is 2.61 bits per heavy atom. The zero-order valence-electron chi connectivity index (χ0n) is 21.7. The number of benzene rings is 2. The van der Waals surface area contributed by atoms with Crippen LogP contribution in [-0.2, 0) is 29.2 Å². The van der Waals surface area contributed by atoms with Gasteiger partial charge < -0.3 is 9.72 Å². The Balaban J connectivity index is 1.34. The first-order valence-electron chi connectivity index (χ1n) is 12.5. The summed E-state index contributed by atoms with van der Waals surface area (Å²) >= 11 is 0. The Bertz CT molecular complexity index is 1990. The first kappa shape index (κ1) is 26.1. The molecule has 0 aliphatic heterocycles. The summed E-state index contributed by atoms with van der Waals surface area (Å²) in [7, 11) is -2.19. The van der Waals surface area contributed by atoms with Crippen molar-refractivity contribution in [1.29, 1.82) is 0 Å². The van der Waals surface area contributed by atoms with E-state index >= 15 is 0 Å². The van der Waals surface area contributed by atoms with Crippen molar-refractivity contribution < 1.29 is 17.6 Å². The fourth-order valence-electron chi connectivity index (χ4n) is 4.41. The van der Waals surface area contributed by atoms with E-state index in [0.29, 0.717) is 11.4 Å². The molecule has 13 heteroatoms. The number of hydrogen-bond donors (Lipinski definition) is 1. The van der Waals surface area contributed by atoms with Gasteiger partial charge in [0.25, 0.3) is 5.91 Å². The van der Waals surface area contributed by atoms with Crippen LogP contribution in [0, 0.1) is 5.82 Å². The highest BCUT2D eigenvalue weighted by Crippen LogP contribution is 2.30. The lowest BCUT2D eigenvalue weighted by atomic mass is 10.1. The summed E-state index contributed by atoms with van der Waals surface area (Å²) in [4.78, 5) is 17.4. The number of aryl methyl sites for hydroxylation is 1. The molecule has 0 aliphatic carbocycles. The molecule has 6 rings (SSSR count). The average molecular weight is 571 g/mol. The molecule has 0 radical (unpaired) electrons. The predicted octanol–water partition coefficient (Wildman–Crippen LogP) is 3.36. The number of imidazole rings is 1. The summed E-state index contributed by atoms with van der Waals surface area (Å²) in [5.74, 6) is -1.14. The Kier molecular flexibility index (Phi) is 6.63. The van der Waals surface area contributed by atoms with Gasteiger partial charge in [0, 0.05) is 49.5 Å². The van der Waals surface area contributed by atoms with Gasteiger partial charge in [-0.2, -0.15) is 5.10 Å². The van der Waals surface area contributed by atoms with Crippen molar-refractivity contribution in [2.24, 2.45) is 7.05 Å².